The van der Waals surface area contributed by atoms with Crippen LogP contribution in [0.2, 0.25) is 0 Å². The molecule has 0 aliphatic carbocycles. The summed E-state index contributed by atoms with van der Waals surface area (Å²) in [6.07, 6.45) is 0.428. The molecule has 0 aromatic heterocycles. The molecule has 0 aliphatic rings. The van der Waals surface area contributed by atoms with E-state index in [9.17, 15) is 14.4 Å². The molecule has 0 saturated carbocycles. The number of ketones is 1. The normalized spacial score (nSPS) is 9.40. The number of aliphatic carboxylic acids is 1. The van der Waals surface area contributed by atoms with Gasteiger partial charge in [-0.15, -0.1) is 0 Å². The summed E-state index contributed by atoms with van der Waals surface area (Å²) < 4.78 is 4.69. The maximum absolute atomic E-state index is 10.9. The Hall–Kier alpha value is -1.65. The van der Waals surface area contributed by atoms with E-state index in [4.69, 9.17) is 5.11 Å². The van der Waals surface area contributed by atoms with Gasteiger partial charge in [0.15, 0.2) is 0 Å². The van der Waals surface area contributed by atoms with E-state index >= 15 is 0 Å². The number of hydrogen-bond acceptors (Lipinski definition) is 4. The minimum absolute atomic E-state index is 0.0811. The SMILES string of the molecule is C=C(CCCOC(=O)CC(C)=O)C(=O)O. The van der Waals surface area contributed by atoms with Crippen LogP contribution in [0.1, 0.15) is 26.2 Å². The highest BCUT2D eigenvalue weighted by atomic mass is 16.5. The molecule has 0 aromatic carbocycles. The summed E-state index contributed by atoms with van der Waals surface area (Å²) >= 11 is 0. The van der Waals surface area contributed by atoms with Crippen LogP contribution in [0, 0.1) is 0 Å². The Balaban J connectivity index is 3.55. The molecule has 84 valence electrons. The third-order valence-corrected chi connectivity index (χ3v) is 1.58. The van der Waals surface area contributed by atoms with Crippen LogP contribution in [0.5, 0.6) is 0 Å². The Morgan fingerprint density at radius 2 is 1.93 bits per heavy atom. The van der Waals surface area contributed by atoms with Gasteiger partial charge in [-0.05, 0) is 19.8 Å². The lowest BCUT2D eigenvalue weighted by Gasteiger charge is -2.03. The molecular weight excluding hydrogens is 200 g/mol. The topological polar surface area (TPSA) is 80.7 Å². The van der Waals surface area contributed by atoms with Crippen molar-refractivity contribution in [3.05, 3.63) is 12.2 Å². The Bertz CT molecular complexity index is 280. The van der Waals surface area contributed by atoms with Gasteiger partial charge in [0.25, 0.3) is 0 Å². The van der Waals surface area contributed by atoms with Crippen LogP contribution in [0.4, 0.5) is 0 Å². The largest absolute Gasteiger partial charge is 0.478 e. The molecule has 0 unspecified atom stereocenters. The molecule has 1 N–H and O–H groups in total. The molecule has 0 heterocycles. The second-order valence-electron chi connectivity index (χ2n) is 3.11. The van der Waals surface area contributed by atoms with Crippen molar-refractivity contribution in [2.75, 3.05) is 6.61 Å². The van der Waals surface area contributed by atoms with E-state index in [-0.39, 0.29) is 30.8 Å². The van der Waals surface area contributed by atoms with Crippen LogP contribution in [-0.4, -0.2) is 29.4 Å². The minimum Gasteiger partial charge on any atom is -0.478 e. The molecule has 0 radical (unpaired) electrons. The van der Waals surface area contributed by atoms with Gasteiger partial charge in [-0.1, -0.05) is 6.58 Å². The summed E-state index contributed by atoms with van der Waals surface area (Å²) in [4.78, 5) is 31.7. The monoisotopic (exact) mass is 214 g/mol. The quantitative estimate of drug-likeness (QED) is 0.295. The van der Waals surface area contributed by atoms with E-state index in [0.717, 1.165) is 0 Å². The molecule has 0 fully saturated rings. The second kappa shape index (κ2) is 6.75. The lowest BCUT2D eigenvalue weighted by atomic mass is 10.2. The number of ether oxygens (including phenoxy) is 1. The minimum atomic E-state index is -1.05. The number of carbonyl (C=O) groups is 3. The fourth-order valence-corrected chi connectivity index (χ4v) is 0.833. The predicted molar refractivity (Wildman–Crippen MR) is 52.3 cm³/mol. The zero-order chi connectivity index (χ0) is 11.8. The van der Waals surface area contributed by atoms with Crippen molar-refractivity contribution in [2.45, 2.75) is 26.2 Å². The maximum Gasteiger partial charge on any atom is 0.330 e. The van der Waals surface area contributed by atoms with Crippen LogP contribution in [-0.2, 0) is 19.1 Å². The van der Waals surface area contributed by atoms with Gasteiger partial charge in [-0.25, -0.2) is 4.79 Å². The van der Waals surface area contributed by atoms with Crippen molar-refractivity contribution in [1.29, 1.82) is 0 Å². The fourth-order valence-electron chi connectivity index (χ4n) is 0.833. The smallest absolute Gasteiger partial charge is 0.330 e. The zero-order valence-electron chi connectivity index (χ0n) is 8.62. The number of hydrogen-bond donors (Lipinski definition) is 1. The lowest BCUT2D eigenvalue weighted by Crippen LogP contribution is -2.10. The van der Waals surface area contributed by atoms with Crippen molar-refractivity contribution < 1.29 is 24.2 Å². The van der Waals surface area contributed by atoms with Gasteiger partial charge >= 0.3 is 11.9 Å². The predicted octanol–water partition coefficient (Wildman–Crippen LogP) is 0.930. The van der Waals surface area contributed by atoms with Crippen LogP contribution in [0.25, 0.3) is 0 Å². The van der Waals surface area contributed by atoms with Gasteiger partial charge in [0.2, 0.25) is 0 Å². The molecule has 0 aromatic rings. The van der Waals surface area contributed by atoms with E-state index in [1.165, 1.54) is 6.92 Å². The maximum atomic E-state index is 10.9. The standard InChI is InChI=1S/C10H14O5/c1-7(10(13)14)4-3-5-15-9(12)6-8(2)11/h1,3-6H2,2H3,(H,13,14). The highest BCUT2D eigenvalue weighted by Gasteiger charge is 2.07. The van der Waals surface area contributed by atoms with Gasteiger partial charge in [-0.3, -0.25) is 9.59 Å². The molecule has 15 heavy (non-hydrogen) atoms. The molecule has 0 rings (SSSR count). The summed E-state index contributed by atoms with van der Waals surface area (Å²) in [7, 11) is 0. The molecule has 0 aliphatic heterocycles. The number of carboxylic acids is 1. The number of carbonyl (C=O) groups excluding carboxylic acids is 2. The van der Waals surface area contributed by atoms with Gasteiger partial charge in [-0.2, -0.15) is 0 Å². The van der Waals surface area contributed by atoms with E-state index in [2.05, 4.69) is 11.3 Å². The number of rotatable bonds is 7. The molecule has 0 bridgehead atoms. The van der Waals surface area contributed by atoms with Crippen LogP contribution < -0.4 is 0 Å². The van der Waals surface area contributed by atoms with Gasteiger partial charge < -0.3 is 9.84 Å². The van der Waals surface area contributed by atoms with Crippen LogP contribution >= 0.6 is 0 Å². The lowest BCUT2D eigenvalue weighted by molar-refractivity contribution is -0.145. The Labute approximate surface area is 87.7 Å². The molecule has 0 atom stereocenters. The molecule has 0 spiro atoms. The molecule has 5 nitrogen and oxygen atoms in total. The first-order valence-corrected chi connectivity index (χ1v) is 4.49. The van der Waals surface area contributed by atoms with Crippen LogP contribution in [0.15, 0.2) is 12.2 Å². The first-order valence-electron chi connectivity index (χ1n) is 4.49. The molecule has 5 heteroatoms. The summed E-state index contributed by atoms with van der Waals surface area (Å²) in [5.74, 6) is -1.89. The number of esters is 1. The van der Waals surface area contributed by atoms with Crippen molar-refractivity contribution >= 4 is 17.7 Å². The van der Waals surface area contributed by atoms with Crippen LogP contribution in [0.3, 0.4) is 0 Å². The van der Waals surface area contributed by atoms with E-state index in [1.807, 2.05) is 0 Å². The average molecular weight is 214 g/mol. The molecule has 0 saturated heterocycles. The van der Waals surface area contributed by atoms with Crippen molar-refractivity contribution in [3.8, 4) is 0 Å². The molecular formula is C10H14O5. The highest BCUT2D eigenvalue weighted by molar-refractivity contribution is 5.94. The fraction of sp³-hybridized carbons (Fsp3) is 0.500. The Morgan fingerprint density at radius 1 is 1.33 bits per heavy atom. The third kappa shape index (κ3) is 7.42. The van der Waals surface area contributed by atoms with Crippen molar-refractivity contribution in [3.63, 3.8) is 0 Å². The van der Waals surface area contributed by atoms with E-state index < -0.39 is 11.9 Å². The zero-order valence-corrected chi connectivity index (χ0v) is 8.62. The number of Topliss-reactive ketones (excluding diaryl/α,β-unsaturated/α-hetero) is 1. The number of carboxylic acid groups (broad SMARTS) is 1. The van der Waals surface area contributed by atoms with E-state index in [0.29, 0.717) is 6.42 Å². The first kappa shape index (κ1) is 13.4. The van der Waals surface area contributed by atoms with Gasteiger partial charge in [0, 0.05) is 5.57 Å². The first-order chi connectivity index (χ1) is 6.93. The Kier molecular flexibility index (Phi) is 6.01. The summed E-state index contributed by atoms with van der Waals surface area (Å²) in [6, 6.07) is 0. The van der Waals surface area contributed by atoms with Crippen molar-refractivity contribution in [1.82, 2.24) is 0 Å². The highest BCUT2D eigenvalue weighted by Crippen LogP contribution is 2.02. The summed E-state index contributed by atoms with van der Waals surface area (Å²) in [6.45, 7) is 4.73. The van der Waals surface area contributed by atoms with Gasteiger partial charge in [0.1, 0.15) is 12.2 Å². The van der Waals surface area contributed by atoms with Gasteiger partial charge in [0.05, 0.1) is 6.61 Å². The van der Waals surface area contributed by atoms with Crippen molar-refractivity contribution in [2.24, 2.45) is 0 Å². The third-order valence-electron chi connectivity index (χ3n) is 1.58. The molecule has 0 amide bonds. The average Bonchev–Trinajstić information content (AvgIpc) is 2.10. The summed E-state index contributed by atoms with van der Waals surface area (Å²) in [5.41, 5.74) is 0.0811. The summed E-state index contributed by atoms with van der Waals surface area (Å²) in [5, 5.41) is 8.46. The second-order valence-corrected chi connectivity index (χ2v) is 3.11. The van der Waals surface area contributed by atoms with E-state index in [1.54, 1.807) is 0 Å². The Morgan fingerprint density at radius 3 is 2.40 bits per heavy atom.